The Bertz CT molecular complexity index is 315. The molecule has 1 N–H and O–H groups in total. The molecule has 2 fully saturated rings. The van der Waals surface area contributed by atoms with Crippen LogP contribution in [0.15, 0.2) is 0 Å². The molecule has 0 radical (unpaired) electrons. The number of nitrogens with one attached hydrogen (secondary N) is 1. The number of likely N-dealkylation sites (tertiary alicyclic amines) is 1. The van der Waals surface area contributed by atoms with E-state index in [9.17, 15) is 8.42 Å². The Morgan fingerprint density at radius 3 is 2.73 bits per heavy atom. The molecule has 0 bridgehead atoms. The van der Waals surface area contributed by atoms with Gasteiger partial charge in [0.2, 0.25) is 0 Å². The summed E-state index contributed by atoms with van der Waals surface area (Å²) >= 11 is 0. The zero-order valence-electron chi connectivity index (χ0n) is 9.28. The van der Waals surface area contributed by atoms with Crippen molar-refractivity contribution in [2.45, 2.75) is 31.3 Å². The molecule has 2 heterocycles. The Kier molecular flexibility index (Phi) is 3.33. The Morgan fingerprint density at radius 2 is 2.13 bits per heavy atom. The minimum atomic E-state index is -2.73. The van der Waals surface area contributed by atoms with Crippen molar-refractivity contribution in [3.8, 4) is 0 Å². The maximum absolute atomic E-state index is 11.4. The van der Waals surface area contributed by atoms with E-state index in [1.54, 1.807) is 0 Å². The summed E-state index contributed by atoms with van der Waals surface area (Å²) in [6, 6.07) is 0.827. The zero-order valence-corrected chi connectivity index (χ0v) is 10.1. The summed E-state index contributed by atoms with van der Waals surface area (Å²) in [5.74, 6) is 0.766. The van der Waals surface area contributed by atoms with E-state index in [1.807, 2.05) is 7.05 Å². The lowest BCUT2D eigenvalue weighted by molar-refractivity contribution is 0.151. The molecule has 0 aliphatic carbocycles. The second kappa shape index (κ2) is 4.39. The van der Waals surface area contributed by atoms with E-state index < -0.39 is 9.84 Å². The maximum atomic E-state index is 11.4. The van der Waals surface area contributed by atoms with Crippen molar-refractivity contribution in [1.29, 1.82) is 0 Å². The lowest BCUT2D eigenvalue weighted by atomic mass is 10.0. The molecule has 2 aliphatic heterocycles. The number of hydrogen-bond acceptors (Lipinski definition) is 4. The van der Waals surface area contributed by atoms with Crippen LogP contribution in [0.3, 0.4) is 0 Å². The van der Waals surface area contributed by atoms with Crippen molar-refractivity contribution in [3.63, 3.8) is 0 Å². The zero-order chi connectivity index (χ0) is 10.9. The predicted molar refractivity (Wildman–Crippen MR) is 60.7 cm³/mol. The number of nitrogens with zero attached hydrogens (tertiary/aromatic N) is 1. The maximum Gasteiger partial charge on any atom is 0.151 e. The summed E-state index contributed by atoms with van der Waals surface area (Å²) in [4.78, 5) is 2.36. The largest absolute Gasteiger partial charge is 0.316 e. The van der Waals surface area contributed by atoms with E-state index in [-0.39, 0.29) is 6.04 Å². The average Bonchev–Trinajstić information content (AvgIpc) is 2.59. The summed E-state index contributed by atoms with van der Waals surface area (Å²) in [6.45, 7) is 2.08. The molecule has 0 aromatic carbocycles. The van der Waals surface area contributed by atoms with Crippen LogP contribution in [0, 0.1) is 0 Å². The summed E-state index contributed by atoms with van der Waals surface area (Å²) in [6.07, 6.45) is 3.23. The topological polar surface area (TPSA) is 49.4 Å². The van der Waals surface area contributed by atoms with E-state index >= 15 is 0 Å². The molecular formula is C10H20N2O2S. The van der Waals surface area contributed by atoms with Crippen LogP contribution in [0.4, 0.5) is 0 Å². The highest BCUT2D eigenvalue weighted by Gasteiger charge is 2.34. The van der Waals surface area contributed by atoms with Gasteiger partial charge in [-0.3, -0.25) is 4.90 Å². The number of sulfone groups is 1. The first-order valence-corrected chi connectivity index (χ1v) is 7.54. The van der Waals surface area contributed by atoms with E-state index in [0.29, 0.717) is 17.5 Å². The molecule has 5 heteroatoms. The number of rotatable bonds is 2. The molecule has 15 heavy (non-hydrogen) atoms. The van der Waals surface area contributed by atoms with Gasteiger partial charge in [-0.2, -0.15) is 0 Å². The molecule has 2 aliphatic rings. The van der Waals surface area contributed by atoms with Gasteiger partial charge in [-0.15, -0.1) is 0 Å². The number of likely N-dealkylation sites (N-methyl/N-ethyl adjacent to an activating group) is 1. The summed E-state index contributed by atoms with van der Waals surface area (Å²) in [7, 11) is -0.745. The molecular weight excluding hydrogens is 212 g/mol. The van der Waals surface area contributed by atoms with Crippen LogP contribution in [0.2, 0.25) is 0 Å². The Hall–Kier alpha value is -0.130. The lowest BCUT2D eigenvalue weighted by Crippen LogP contribution is -2.49. The van der Waals surface area contributed by atoms with Crippen molar-refractivity contribution in [1.82, 2.24) is 10.2 Å². The van der Waals surface area contributed by atoms with Crippen molar-refractivity contribution >= 4 is 9.84 Å². The molecule has 2 rings (SSSR count). The van der Waals surface area contributed by atoms with Gasteiger partial charge in [0.05, 0.1) is 11.5 Å². The minimum Gasteiger partial charge on any atom is -0.316 e. The van der Waals surface area contributed by atoms with Gasteiger partial charge in [-0.1, -0.05) is 0 Å². The lowest BCUT2D eigenvalue weighted by Gasteiger charge is -2.36. The smallest absolute Gasteiger partial charge is 0.151 e. The third-order valence-electron chi connectivity index (χ3n) is 3.59. The van der Waals surface area contributed by atoms with Crippen LogP contribution < -0.4 is 5.32 Å². The van der Waals surface area contributed by atoms with Crippen LogP contribution in [-0.2, 0) is 9.84 Å². The Labute approximate surface area is 91.9 Å². The highest BCUT2D eigenvalue weighted by Crippen LogP contribution is 2.21. The van der Waals surface area contributed by atoms with Gasteiger partial charge in [0.1, 0.15) is 0 Å². The van der Waals surface area contributed by atoms with Crippen LogP contribution in [-0.4, -0.2) is 57.0 Å². The first-order chi connectivity index (χ1) is 7.11. The van der Waals surface area contributed by atoms with Crippen molar-refractivity contribution in [3.05, 3.63) is 0 Å². The van der Waals surface area contributed by atoms with Gasteiger partial charge in [-0.25, -0.2) is 8.42 Å². The van der Waals surface area contributed by atoms with E-state index in [2.05, 4.69) is 10.2 Å². The molecule has 2 saturated heterocycles. The van der Waals surface area contributed by atoms with E-state index in [0.717, 1.165) is 19.5 Å². The Morgan fingerprint density at radius 1 is 1.33 bits per heavy atom. The monoisotopic (exact) mass is 232 g/mol. The SMILES string of the molecule is CNC1CCCN(C2CCS(=O)(=O)C2)C1. The first kappa shape index (κ1) is 11.4. The summed E-state index contributed by atoms with van der Waals surface area (Å²) in [5, 5.41) is 3.29. The summed E-state index contributed by atoms with van der Waals surface area (Å²) in [5.41, 5.74) is 0. The second-order valence-corrected chi connectivity index (χ2v) is 6.91. The van der Waals surface area contributed by atoms with Crippen LogP contribution >= 0.6 is 0 Å². The minimum absolute atomic E-state index is 0.283. The molecule has 2 atom stereocenters. The third-order valence-corrected chi connectivity index (χ3v) is 5.34. The molecule has 0 saturated carbocycles. The molecule has 0 aromatic rings. The molecule has 88 valence electrons. The molecule has 0 aromatic heterocycles. The summed E-state index contributed by atoms with van der Waals surface area (Å²) < 4.78 is 22.8. The van der Waals surface area contributed by atoms with Gasteiger partial charge in [0.25, 0.3) is 0 Å². The fourth-order valence-electron chi connectivity index (χ4n) is 2.64. The first-order valence-electron chi connectivity index (χ1n) is 5.72. The van der Waals surface area contributed by atoms with Crippen LogP contribution in [0.1, 0.15) is 19.3 Å². The second-order valence-electron chi connectivity index (χ2n) is 4.68. The third kappa shape index (κ3) is 2.71. The number of piperidine rings is 1. The van der Waals surface area contributed by atoms with Gasteiger partial charge >= 0.3 is 0 Å². The van der Waals surface area contributed by atoms with Gasteiger partial charge in [0.15, 0.2) is 9.84 Å². The van der Waals surface area contributed by atoms with Crippen molar-refractivity contribution in [2.75, 3.05) is 31.6 Å². The fraction of sp³-hybridized carbons (Fsp3) is 1.00. The number of hydrogen-bond donors (Lipinski definition) is 1. The normalized spacial score (nSPS) is 36.9. The molecule has 0 amide bonds. The highest BCUT2D eigenvalue weighted by molar-refractivity contribution is 7.91. The van der Waals surface area contributed by atoms with Gasteiger partial charge in [0, 0.05) is 18.6 Å². The fourth-order valence-corrected chi connectivity index (χ4v) is 4.40. The Balaban J connectivity index is 1.94. The van der Waals surface area contributed by atoms with Crippen molar-refractivity contribution < 1.29 is 8.42 Å². The van der Waals surface area contributed by atoms with Gasteiger partial charge < -0.3 is 5.32 Å². The van der Waals surface area contributed by atoms with Crippen LogP contribution in [0.25, 0.3) is 0 Å². The molecule has 4 nitrogen and oxygen atoms in total. The van der Waals surface area contributed by atoms with Crippen LogP contribution in [0.5, 0.6) is 0 Å². The van der Waals surface area contributed by atoms with Crippen molar-refractivity contribution in [2.24, 2.45) is 0 Å². The molecule has 0 spiro atoms. The van der Waals surface area contributed by atoms with E-state index in [4.69, 9.17) is 0 Å². The molecule has 2 unspecified atom stereocenters. The average molecular weight is 232 g/mol. The van der Waals surface area contributed by atoms with Gasteiger partial charge in [-0.05, 0) is 32.9 Å². The standard InChI is InChI=1S/C10H20N2O2S/c1-11-9-3-2-5-12(7-9)10-4-6-15(13,14)8-10/h9-11H,2-8H2,1H3. The highest BCUT2D eigenvalue weighted by atomic mass is 32.2. The predicted octanol–water partition coefficient (Wildman–Crippen LogP) is -0.143. The van der Waals surface area contributed by atoms with E-state index in [1.165, 1.54) is 12.8 Å². The quantitative estimate of drug-likeness (QED) is 0.720.